The second kappa shape index (κ2) is 4.99. The van der Waals surface area contributed by atoms with Crippen LogP contribution in [0.15, 0.2) is 24.3 Å². The average Bonchev–Trinajstić information content (AvgIpc) is 2.25. The van der Waals surface area contributed by atoms with Crippen LogP contribution in [0.2, 0.25) is 0 Å². The van der Waals surface area contributed by atoms with E-state index in [1.165, 1.54) is 0 Å². The summed E-state index contributed by atoms with van der Waals surface area (Å²) in [4.78, 5) is 21.8. The monoisotopic (exact) mass is 207 g/mol. The van der Waals surface area contributed by atoms with E-state index in [1.807, 2.05) is 6.07 Å². The highest BCUT2D eigenvalue weighted by atomic mass is 16.2. The third-order valence-corrected chi connectivity index (χ3v) is 1.88. The highest BCUT2D eigenvalue weighted by Gasteiger charge is 2.03. The normalized spacial score (nSPS) is 9.40. The Labute approximate surface area is 87.7 Å². The van der Waals surface area contributed by atoms with Gasteiger partial charge < -0.3 is 16.4 Å². The smallest absolute Gasteiger partial charge is 0.312 e. The van der Waals surface area contributed by atoms with E-state index in [2.05, 4.69) is 10.6 Å². The molecule has 0 saturated heterocycles. The van der Waals surface area contributed by atoms with Crippen LogP contribution in [0.4, 0.5) is 4.79 Å². The number of benzene rings is 1. The number of carbonyl (C=O) groups is 2. The first-order chi connectivity index (χ1) is 7.13. The van der Waals surface area contributed by atoms with Gasteiger partial charge in [0, 0.05) is 19.2 Å². The number of nitrogens with one attached hydrogen (secondary N) is 2. The Kier molecular flexibility index (Phi) is 3.68. The Hall–Kier alpha value is -2.04. The van der Waals surface area contributed by atoms with Crippen LogP contribution >= 0.6 is 0 Å². The average molecular weight is 207 g/mol. The number of primary amides is 1. The first-order valence-corrected chi connectivity index (χ1v) is 4.48. The molecule has 0 radical (unpaired) electrons. The molecule has 15 heavy (non-hydrogen) atoms. The molecule has 0 aliphatic rings. The van der Waals surface area contributed by atoms with E-state index in [0.717, 1.165) is 5.56 Å². The quantitative estimate of drug-likeness (QED) is 0.662. The van der Waals surface area contributed by atoms with Crippen LogP contribution in [0, 0.1) is 0 Å². The fourth-order valence-electron chi connectivity index (χ4n) is 1.16. The van der Waals surface area contributed by atoms with E-state index in [1.54, 1.807) is 25.2 Å². The Morgan fingerprint density at radius 1 is 1.40 bits per heavy atom. The molecule has 1 aromatic rings. The van der Waals surface area contributed by atoms with E-state index >= 15 is 0 Å². The van der Waals surface area contributed by atoms with Gasteiger partial charge in [-0.15, -0.1) is 0 Å². The summed E-state index contributed by atoms with van der Waals surface area (Å²) >= 11 is 0. The molecule has 80 valence electrons. The number of urea groups is 1. The lowest BCUT2D eigenvalue weighted by Crippen LogP contribution is -2.28. The second-order valence-corrected chi connectivity index (χ2v) is 3.00. The van der Waals surface area contributed by atoms with Crippen molar-refractivity contribution < 1.29 is 9.59 Å². The van der Waals surface area contributed by atoms with Gasteiger partial charge >= 0.3 is 6.03 Å². The van der Waals surface area contributed by atoms with Gasteiger partial charge in [0.2, 0.25) is 0 Å². The molecule has 5 nitrogen and oxygen atoms in total. The van der Waals surface area contributed by atoms with Crippen molar-refractivity contribution in [1.82, 2.24) is 10.6 Å². The number of hydrogen-bond acceptors (Lipinski definition) is 2. The van der Waals surface area contributed by atoms with E-state index in [9.17, 15) is 9.59 Å². The molecule has 1 rings (SSSR count). The first kappa shape index (κ1) is 11.0. The highest BCUT2D eigenvalue weighted by Crippen LogP contribution is 2.04. The predicted octanol–water partition coefficient (Wildman–Crippen LogP) is 0.215. The SMILES string of the molecule is CNC(=O)c1cccc(CNC(N)=O)c1. The molecule has 0 bridgehead atoms. The number of carbonyl (C=O) groups excluding carboxylic acids is 2. The maximum absolute atomic E-state index is 11.3. The van der Waals surface area contributed by atoms with Gasteiger partial charge in [0.25, 0.3) is 5.91 Å². The number of nitrogens with two attached hydrogens (primary N) is 1. The van der Waals surface area contributed by atoms with Crippen LogP contribution in [-0.4, -0.2) is 19.0 Å². The molecular formula is C10H13N3O2. The van der Waals surface area contributed by atoms with Crippen LogP contribution in [0.1, 0.15) is 15.9 Å². The van der Waals surface area contributed by atoms with Crippen molar-refractivity contribution in [3.8, 4) is 0 Å². The van der Waals surface area contributed by atoms with E-state index < -0.39 is 6.03 Å². The third-order valence-electron chi connectivity index (χ3n) is 1.88. The molecule has 5 heteroatoms. The molecule has 0 fully saturated rings. The molecule has 0 spiro atoms. The number of rotatable bonds is 3. The van der Waals surface area contributed by atoms with Crippen LogP contribution in [0.25, 0.3) is 0 Å². The second-order valence-electron chi connectivity index (χ2n) is 3.00. The summed E-state index contributed by atoms with van der Waals surface area (Å²) in [6.07, 6.45) is 0. The van der Waals surface area contributed by atoms with Gasteiger partial charge in [0.1, 0.15) is 0 Å². The third kappa shape index (κ3) is 3.30. The van der Waals surface area contributed by atoms with Crippen molar-refractivity contribution in [2.45, 2.75) is 6.54 Å². The molecule has 3 amide bonds. The molecule has 0 aliphatic heterocycles. The summed E-state index contributed by atoms with van der Waals surface area (Å²) in [6.45, 7) is 0.320. The fourth-order valence-corrected chi connectivity index (χ4v) is 1.16. The minimum absolute atomic E-state index is 0.157. The summed E-state index contributed by atoms with van der Waals surface area (Å²) in [5.74, 6) is -0.157. The Bertz CT molecular complexity index is 377. The summed E-state index contributed by atoms with van der Waals surface area (Å²) < 4.78 is 0. The van der Waals surface area contributed by atoms with Crippen molar-refractivity contribution in [3.63, 3.8) is 0 Å². The number of hydrogen-bond donors (Lipinski definition) is 3. The van der Waals surface area contributed by atoms with Crippen molar-refractivity contribution in [1.29, 1.82) is 0 Å². The Morgan fingerprint density at radius 2 is 2.13 bits per heavy atom. The van der Waals surface area contributed by atoms with Gasteiger partial charge in [-0.2, -0.15) is 0 Å². The lowest BCUT2D eigenvalue weighted by molar-refractivity contribution is 0.0963. The Morgan fingerprint density at radius 3 is 2.73 bits per heavy atom. The lowest BCUT2D eigenvalue weighted by Gasteiger charge is -2.04. The molecule has 0 aromatic heterocycles. The van der Waals surface area contributed by atoms with Crippen LogP contribution in [-0.2, 0) is 6.54 Å². The summed E-state index contributed by atoms with van der Waals surface area (Å²) in [5.41, 5.74) is 6.32. The highest BCUT2D eigenvalue weighted by molar-refractivity contribution is 5.94. The van der Waals surface area contributed by atoms with Crippen LogP contribution < -0.4 is 16.4 Å². The molecule has 0 atom stereocenters. The molecule has 4 N–H and O–H groups in total. The molecule has 0 saturated carbocycles. The first-order valence-electron chi connectivity index (χ1n) is 4.48. The topological polar surface area (TPSA) is 84.2 Å². The van der Waals surface area contributed by atoms with E-state index in [-0.39, 0.29) is 5.91 Å². The molecule has 1 aromatic carbocycles. The Balaban J connectivity index is 2.74. The summed E-state index contributed by atoms with van der Waals surface area (Å²) in [7, 11) is 1.57. The van der Waals surface area contributed by atoms with E-state index in [0.29, 0.717) is 12.1 Å². The van der Waals surface area contributed by atoms with E-state index in [4.69, 9.17) is 5.73 Å². The van der Waals surface area contributed by atoms with Crippen molar-refractivity contribution in [2.75, 3.05) is 7.05 Å². The largest absolute Gasteiger partial charge is 0.355 e. The summed E-state index contributed by atoms with van der Waals surface area (Å²) in [5, 5.41) is 4.98. The predicted molar refractivity (Wildman–Crippen MR) is 56.3 cm³/mol. The van der Waals surface area contributed by atoms with Crippen molar-refractivity contribution in [3.05, 3.63) is 35.4 Å². The van der Waals surface area contributed by atoms with Gasteiger partial charge in [0.15, 0.2) is 0 Å². The lowest BCUT2D eigenvalue weighted by atomic mass is 10.1. The fraction of sp³-hybridized carbons (Fsp3) is 0.200. The van der Waals surface area contributed by atoms with Crippen LogP contribution in [0.5, 0.6) is 0 Å². The molecule has 0 unspecified atom stereocenters. The zero-order valence-corrected chi connectivity index (χ0v) is 8.41. The van der Waals surface area contributed by atoms with Crippen LogP contribution in [0.3, 0.4) is 0 Å². The van der Waals surface area contributed by atoms with Gasteiger partial charge in [-0.25, -0.2) is 4.79 Å². The van der Waals surface area contributed by atoms with Gasteiger partial charge in [-0.05, 0) is 17.7 Å². The standard InChI is InChI=1S/C10H13N3O2/c1-12-9(14)8-4-2-3-7(5-8)6-13-10(11)15/h2-5H,6H2,1H3,(H,12,14)(H3,11,13,15). The van der Waals surface area contributed by atoms with Gasteiger partial charge in [-0.3, -0.25) is 4.79 Å². The minimum atomic E-state index is -0.583. The molecule has 0 heterocycles. The van der Waals surface area contributed by atoms with Gasteiger partial charge in [-0.1, -0.05) is 12.1 Å². The number of amides is 3. The minimum Gasteiger partial charge on any atom is -0.355 e. The van der Waals surface area contributed by atoms with Gasteiger partial charge in [0.05, 0.1) is 0 Å². The molecular weight excluding hydrogens is 194 g/mol. The maximum atomic E-state index is 11.3. The maximum Gasteiger partial charge on any atom is 0.312 e. The molecule has 0 aliphatic carbocycles. The van der Waals surface area contributed by atoms with Crippen molar-refractivity contribution in [2.24, 2.45) is 5.73 Å². The zero-order valence-electron chi connectivity index (χ0n) is 8.41. The zero-order chi connectivity index (χ0) is 11.3. The van der Waals surface area contributed by atoms with Crippen molar-refractivity contribution >= 4 is 11.9 Å². The summed E-state index contributed by atoms with van der Waals surface area (Å²) in [6, 6.07) is 6.38.